The molecular weight excluding hydrogens is 244 g/mol. The van der Waals surface area contributed by atoms with Gasteiger partial charge in [0.15, 0.2) is 4.67 Å². The Kier molecular flexibility index (Phi) is 5.26. The highest BCUT2D eigenvalue weighted by molar-refractivity contribution is 9.10. The number of hydrogen-bond donors (Lipinski definition) is 1. The predicted molar refractivity (Wildman–Crippen MR) is 60.1 cm³/mol. The first-order valence-electron chi connectivity index (χ1n) is 5.16. The maximum atomic E-state index is 9.80. The normalized spacial score (nSPS) is 13.1. The average Bonchev–Trinajstić information content (AvgIpc) is 2.59. The Morgan fingerprint density at radius 1 is 1.43 bits per heavy atom. The molecule has 1 N–H and O–H groups in total. The van der Waals surface area contributed by atoms with Crippen LogP contribution in [0.5, 0.6) is 0 Å². The van der Waals surface area contributed by atoms with E-state index in [2.05, 4.69) is 22.9 Å². The molecule has 14 heavy (non-hydrogen) atoms. The van der Waals surface area contributed by atoms with Crippen LogP contribution in [0.25, 0.3) is 0 Å². The van der Waals surface area contributed by atoms with Gasteiger partial charge in [0, 0.05) is 5.56 Å². The van der Waals surface area contributed by atoms with Crippen molar-refractivity contribution in [1.82, 2.24) is 0 Å². The van der Waals surface area contributed by atoms with Gasteiger partial charge in [0.05, 0.1) is 12.4 Å². The molecule has 0 aliphatic heterocycles. The van der Waals surface area contributed by atoms with E-state index in [0.717, 1.165) is 18.4 Å². The average molecular weight is 261 g/mol. The summed E-state index contributed by atoms with van der Waals surface area (Å²) >= 11 is 3.26. The fourth-order valence-corrected chi connectivity index (χ4v) is 1.97. The third-order valence-electron chi connectivity index (χ3n) is 2.34. The highest BCUT2D eigenvalue weighted by Crippen LogP contribution is 2.27. The molecule has 1 unspecified atom stereocenters. The van der Waals surface area contributed by atoms with Gasteiger partial charge in [-0.05, 0) is 28.4 Å². The fourth-order valence-electron chi connectivity index (χ4n) is 1.46. The van der Waals surface area contributed by atoms with Gasteiger partial charge in [-0.25, -0.2) is 0 Å². The van der Waals surface area contributed by atoms with Crippen molar-refractivity contribution in [2.45, 2.75) is 45.1 Å². The number of furan rings is 1. The smallest absolute Gasteiger partial charge is 0.174 e. The van der Waals surface area contributed by atoms with E-state index in [0.29, 0.717) is 4.67 Å². The first-order valence-corrected chi connectivity index (χ1v) is 5.96. The van der Waals surface area contributed by atoms with Crippen molar-refractivity contribution in [2.75, 3.05) is 0 Å². The Bertz CT molecular complexity index is 258. The summed E-state index contributed by atoms with van der Waals surface area (Å²) in [7, 11) is 0. The van der Waals surface area contributed by atoms with Crippen molar-refractivity contribution in [2.24, 2.45) is 0 Å². The van der Waals surface area contributed by atoms with Crippen molar-refractivity contribution >= 4 is 15.9 Å². The molecule has 0 saturated heterocycles. The molecule has 80 valence electrons. The molecule has 1 aromatic rings. The minimum absolute atomic E-state index is 0.389. The van der Waals surface area contributed by atoms with Gasteiger partial charge in [-0.3, -0.25) is 0 Å². The third kappa shape index (κ3) is 3.46. The van der Waals surface area contributed by atoms with E-state index in [1.165, 1.54) is 19.3 Å². The molecular formula is C11H17BrO2. The molecule has 0 bridgehead atoms. The van der Waals surface area contributed by atoms with Crippen molar-refractivity contribution in [3.8, 4) is 0 Å². The lowest BCUT2D eigenvalue weighted by atomic mass is 10.1. The van der Waals surface area contributed by atoms with Crippen LogP contribution < -0.4 is 0 Å². The zero-order chi connectivity index (χ0) is 10.4. The highest BCUT2D eigenvalue weighted by Gasteiger charge is 2.12. The molecule has 0 aromatic carbocycles. The van der Waals surface area contributed by atoms with Gasteiger partial charge in [0.1, 0.15) is 0 Å². The van der Waals surface area contributed by atoms with Gasteiger partial charge < -0.3 is 9.52 Å². The lowest BCUT2D eigenvalue weighted by molar-refractivity contribution is 0.161. The second-order valence-corrected chi connectivity index (χ2v) is 4.24. The minimum Gasteiger partial charge on any atom is -0.457 e. The summed E-state index contributed by atoms with van der Waals surface area (Å²) in [6.07, 6.45) is 6.77. The summed E-state index contributed by atoms with van der Waals surface area (Å²) in [4.78, 5) is 0. The van der Waals surface area contributed by atoms with Gasteiger partial charge in [-0.2, -0.15) is 0 Å². The highest BCUT2D eigenvalue weighted by atomic mass is 79.9. The van der Waals surface area contributed by atoms with E-state index in [9.17, 15) is 5.11 Å². The van der Waals surface area contributed by atoms with Crippen LogP contribution in [0.15, 0.2) is 21.4 Å². The number of aliphatic hydroxyl groups excluding tert-OH is 1. The summed E-state index contributed by atoms with van der Waals surface area (Å²) in [5.74, 6) is 0. The Morgan fingerprint density at radius 3 is 2.79 bits per heavy atom. The molecule has 2 nitrogen and oxygen atoms in total. The number of halogens is 1. The van der Waals surface area contributed by atoms with Gasteiger partial charge in [0.25, 0.3) is 0 Å². The van der Waals surface area contributed by atoms with E-state index in [1.807, 2.05) is 6.07 Å². The maximum absolute atomic E-state index is 9.80. The number of hydrogen-bond acceptors (Lipinski definition) is 2. The van der Waals surface area contributed by atoms with E-state index in [1.54, 1.807) is 6.26 Å². The summed E-state index contributed by atoms with van der Waals surface area (Å²) in [5, 5.41) is 9.80. The summed E-state index contributed by atoms with van der Waals surface area (Å²) < 4.78 is 5.72. The first-order chi connectivity index (χ1) is 6.75. The van der Waals surface area contributed by atoms with E-state index < -0.39 is 0 Å². The molecule has 1 heterocycles. The Labute approximate surface area is 93.4 Å². The van der Waals surface area contributed by atoms with Crippen LogP contribution in [-0.2, 0) is 0 Å². The van der Waals surface area contributed by atoms with Crippen LogP contribution in [0, 0.1) is 0 Å². The maximum Gasteiger partial charge on any atom is 0.174 e. The molecule has 0 aliphatic rings. The fraction of sp³-hybridized carbons (Fsp3) is 0.636. The third-order valence-corrected chi connectivity index (χ3v) is 2.98. The van der Waals surface area contributed by atoms with Gasteiger partial charge in [0.2, 0.25) is 0 Å². The molecule has 1 aromatic heterocycles. The number of aliphatic hydroxyl groups is 1. The quantitative estimate of drug-likeness (QED) is 0.784. The van der Waals surface area contributed by atoms with Crippen molar-refractivity contribution in [1.29, 1.82) is 0 Å². The zero-order valence-corrected chi connectivity index (χ0v) is 10.1. The second-order valence-electron chi connectivity index (χ2n) is 3.51. The van der Waals surface area contributed by atoms with Crippen LogP contribution in [0.1, 0.15) is 50.7 Å². The molecule has 0 fully saturated rings. The standard InChI is InChI=1S/C11H17BrO2/c1-2-3-4-5-6-10(13)9-7-8-14-11(9)12/h7-8,10,13H,2-6H2,1H3. The van der Waals surface area contributed by atoms with Crippen LogP contribution in [0.2, 0.25) is 0 Å². The zero-order valence-electron chi connectivity index (χ0n) is 8.50. The first kappa shape index (κ1) is 11.8. The van der Waals surface area contributed by atoms with E-state index in [-0.39, 0.29) is 6.10 Å². The number of unbranched alkanes of at least 4 members (excludes halogenated alkanes) is 3. The molecule has 1 atom stereocenters. The lowest BCUT2D eigenvalue weighted by Crippen LogP contribution is -1.96. The molecule has 1 rings (SSSR count). The molecule has 0 radical (unpaired) electrons. The monoisotopic (exact) mass is 260 g/mol. The van der Waals surface area contributed by atoms with Gasteiger partial charge >= 0.3 is 0 Å². The van der Waals surface area contributed by atoms with Crippen LogP contribution in [0.4, 0.5) is 0 Å². The van der Waals surface area contributed by atoms with Crippen LogP contribution >= 0.6 is 15.9 Å². The number of rotatable bonds is 6. The van der Waals surface area contributed by atoms with E-state index >= 15 is 0 Å². The van der Waals surface area contributed by atoms with E-state index in [4.69, 9.17) is 4.42 Å². The predicted octanol–water partition coefficient (Wildman–Crippen LogP) is 4.05. The molecule has 3 heteroatoms. The second kappa shape index (κ2) is 6.25. The van der Waals surface area contributed by atoms with Crippen molar-refractivity contribution in [3.63, 3.8) is 0 Å². The molecule has 0 aliphatic carbocycles. The van der Waals surface area contributed by atoms with Gasteiger partial charge in [-0.1, -0.05) is 32.6 Å². The lowest BCUT2D eigenvalue weighted by Gasteiger charge is -2.08. The molecule has 0 amide bonds. The van der Waals surface area contributed by atoms with Crippen LogP contribution in [-0.4, -0.2) is 5.11 Å². The Hall–Kier alpha value is -0.280. The van der Waals surface area contributed by atoms with Crippen LogP contribution in [0.3, 0.4) is 0 Å². The largest absolute Gasteiger partial charge is 0.457 e. The molecule has 0 spiro atoms. The van der Waals surface area contributed by atoms with Gasteiger partial charge in [-0.15, -0.1) is 0 Å². The Morgan fingerprint density at radius 2 is 2.21 bits per heavy atom. The Balaban J connectivity index is 2.28. The van der Waals surface area contributed by atoms with Crippen molar-refractivity contribution < 1.29 is 9.52 Å². The van der Waals surface area contributed by atoms with Crippen molar-refractivity contribution in [3.05, 3.63) is 22.6 Å². The molecule has 0 saturated carbocycles. The summed E-state index contributed by atoms with van der Waals surface area (Å²) in [6, 6.07) is 1.81. The SMILES string of the molecule is CCCCCCC(O)c1ccoc1Br. The minimum atomic E-state index is -0.389. The summed E-state index contributed by atoms with van der Waals surface area (Å²) in [5.41, 5.74) is 0.862. The summed E-state index contributed by atoms with van der Waals surface area (Å²) in [6.45, 7) is 2.18. The topological polar surface area (TPSA) is 33.4 Å².